The summed E-state index contributed by atoms with van der Waals surface area (Å²) in [5, 5.41) is 0. The SMILES string of the molecule is N.N.O.O.O.O.[Co+3]. The molecule has 7 heavy (non-hydrogen) atoms. The summed E-state index contributed by atoms with van der Waals surface area (Å²) in [6.07, 6.45) is 0. The van der Waals surface area contributed by atoms with Crippen LogP contribution < -0.4 is 12.3 Å². The van der Waals surface area contributed by atoms with E-state index in [0.29, 0.717) is 0 Å². The summed E-state index contributed by atoms with van der Waals surface area (Å²) >= 11 is 0. The van der Waals surface area contributed by atoms with E-state index in [9.17, 15) is 0 Å². The van der Waals surface area contributed by atoms with Crippen LogP contribution in [0.1, 0.15) is 0 Å². The molecular formula is H14CoN2O4+3. The predicted octanol–water partition coefficient (Wildman–Crippen LogP) is -2.98. The van der Waals surface area contributed by atoms with Crippen molar-refractivity contribution in [1.29, 1.82) is 0 Å². The standard InChI is InChI=1S/Co.2H3N.4H2O/h;2*1H3;4*1H2/q+3;;;;;;. The first-order valence-electron chi connectivity index (χ1n) is 0. The zero-order chi connectivity index (χ0) is 0. The van der Waals surface area contributed by atoms with Gasteiger partial charge in [0.15, 0.2) is 0 Å². The fourth-order valence-corrected chi connectivity index (χ4v) is 0. The second kappa shape index (κ2) is 2450. The van der Waals surface area contributed by atoms with Gasteiger partial charge in [0.2, 0.25) is 0 Å². The average Bonchev–Trinajstić information content (AvgIpc) is 0. The van der Waals surface area contributed by atoms with Crippen LogP contribution in [0.3, 0.4) is 0 Å². The van der Waals surface area contributed by atoms with E-state index in [1.54, 1.807) is 0 Å². The van der Waals surface area contributed by atoms with Gasteiger partial charge in [0.1, 0.15) is 0 Å². The Bertz CT molecular complexity index is 9.65. The molecule has 0 aromatic rings. The maximum atomic E-state index is 0. The molecule has 0 radical (unpaired) electrons. The third-order valence-electron chi connectivity index (χ3n) is 0. The molecule has 0 atom stereocenters. The summed E-state index contributed by atoms with van der Waals surface area (Å²) in [6.45, 7) is 0. The minimum absolute atomic E-state index is 0. The molecule has 0 bridgehead atoms. The molecule has 0 heterocycles. The zero-order valence-electron chi connectivity index (χ0n) is 3.75. The molecule has 0 aromatic heterocycles. The van der Waals surface area contributed by atoms with Gasteiger partial charge in [-0.2, -0.15) is 0 Å². The van der Waals surface area contributed by atoms with Crippen LogP contribution in [-0.4, -0.2) is 21.9 Å². The van der Waals surface area contributed by atoms with Gasteiger partial charge in [0.25, 0.3) is 0 Å². The minimum Gasteiger partial charge on any atom is -0.412 e. The fourth-order valence-electron chi connectivity index (χ4n) is 0. The molecule has 0 rings (SSSR count). The van der Waals surface area contributed by atoms with E-state index in [4.69, 9.17) is 0 Å². The van der Waals surface area contributed by atoms with Crippen LogP contribution in [0.4, 0.5) is 0 Å². The van der Waals surface area contributed by atoms with Gasteiger partial charge in [0, 0.05) is 0 Å². The summed E-state index contributed by atoms with van der Waals surface area (Å²) in [5.74, 6) is 0. The van der Waals surface area contributed by atoms with Crippen LogP contribution in [0.2, 0.25) is 0 Å². The fraction of sp³-hybridized carbons (Fsp3) is 0. The monoisotopic (exact) mass is 165 g/mol. The Kier molecular flexibility index (Phi) is 1400000. The Morgan fingerprint density at radius 1 is 0.429 bits per heavy atom. The van der Waals surface area contributed by atoms with Crippen molar-refractivity contribution in [2.75, 3.05) is 0 Å². The summed E-state index contributed by atoms with van der Waals surface area (Å²) in [6, 6.07) is 0. The molecule has 7 heteroatoms. The zero-order valence-corrected chi connectivity index (χ0v) is 4.79. The predicted molar refractivity (Wildman–Crippen MR) is 24.5 cm³/mol. The molecular weight excluding hydrogens is 151 g/mol. The van der Waals surface area contributed by atoms with Crippen molar-refractivity contribution in [3.63, 3.8) is 0 Å². The number of rotatable bonds is 0. The van der Waals surface area contributed by atoms with Crippen LogP contribution in [0.15, 0.2) is 0 Å². The maximum absolute atomic E-state index is 0. The van der Waals surface area contributed by atoms with Gasteiger partial charge in [-0.25, -0.2) is 0 Å². The summed E-state index contributed by atoms with van der Waals surface area (Å²) in [4.78, 5) is 0. The Hall–Kier alpha value is 0.266. The maximum Gasteiger partial charge on any atom is 3.00 e. The molecule has 0 saturated carbocycles. The van der Waals surface area contributed by atoms with Crippen LogP contribution >= 0.6 is 0 Å². The first-order valence-corrected chi connectivity index (χ1v) is 0. The molecule has 0 unspecified atom stereocenters. The Morgan fingerprint density at radius 2 is 0.429 bits per heavy atom. The Labute approximate surface area is 51.9 Å². The second-order valence-corrected chi connectivity index (χ2v) is 0. The van der Waals surface area contributed by atoms with Crippen molar-refractivity contribution in [1.82, 2.24) is 12.3 Å². The van der Waals surface area contributed by atoms with Gasteiger partial charge in [-0.3, -0.25) is 0 Å². The smallest absolute Gasteiger partial charge is 0.412 e. The molecule has 0 saturated heterocycles. The van der Waals surface area contributed by atoms with Gasteiger partial charge in [-0.05, 0) is 0 Å². The van der Waals surface area contributed by atoms with Gasteiger partial charge in [0.05, 0.1) is 0 Å². The quantitative estimate of drug-likeness (QED) is 0.386. The van der Waals surface area contributed by atoms with Gasteiger partial charge in [-0.1, -0.05) is 0 Å². The van der Waals surface area contributed by atoms with Crippen molar-refractivity contribution in [2.24, 2.45) is 0 Å². The van der Waals surface area contributed by atoms with Crippen molar-refractivity contribution in [3.8, 4) is 0 Å². The Balaban J connectivity index is 0. The van der Waals surface area contributed by atoms with E-state index in [2.05, 4.69) is 0 Å². The van der Waals surface area contributed by atoms with Gasteiger partial charge in [-0.15, -0.1) is 0 Å². The molecule has 6 nitrogen and oxygen atoms in total. The van der Waals surface area contributed by atoms with Crippen LogP contribution in [-0.2, 0) is 16.8 Å². The molecule has 0 aliphatic carbocycles. The van der Waals surface area contributed by atoms with E-state index in [1.807, 2.05) is 0 Å². The van der Waals surface area contributed by atoms with Crippen molar-refractivity contribution < 1.29 is 38.7 Å². The van der Waals surface area contributed by atoms with Crippen molar-refractivity contribution in [2.45, 2.75) is 0 Å². The summed E-state index contributed by atoms with van der Waals surface area (Å²) in [5.41, 5.74) is 0. The summed E-state index contributed by atoms with van der Waals surface area (Å²) in [7, 11) is 0. The summed E-state index contributed by atoms with van der Waals surface area (Å²) < 4.78 is 0. The van der Waals surface area contributed by atoms with Crippen LogP contribution in [0, 0.1) is 0 Å². The van der Waals surface area contributed by atoms with E-state index < -0.39 is 0 Å². The molecule has 0 amide bonds. The molecule has 0 aliphatic heterocycles. The first-order chi connectivity index (χ1) is 0. The second-order valence-electron chi connectivity index (χ2n) is 0. The first kappa shape index (κ1) is 4020. The van der Waals surface area contributed by atoms with Gasteiger partial charge >= 0.3 is 16.8 Å². The average molecular weight is 165 g/mol. The third-order valence-corrected chi connectivity index (χ3v) is 0. The third kappa shape index (κ3) is 1610. The van der Waals surface area contributed by atoms with Crippen molar-refractivity contribution in [3.05, 3.63) is 0 Å². The van der Waals surface area contributed by atoms with E-state index >= 15 is 0 Å². The normalized spacial score (nSPS) is 0. The van der Waals surface area contributed by atoms with E-state index in [0.717, 1.165) is 0 Å². The van der Waals surface area contributed by atoms with Crippen LogP contribution in [0.25, 0.3) is 0 Å². The topological polar surface area (TPSA) is 196 Å². The molecule has 0 spiro atoms. The van der Waals surface area contributed by atoms with E-state index in [-0.39, 0.29) is 51.0 Å². The number of hydrogen-bond donors (Lipinski definition) is 2. The minimum atomic E-state index is 0. The largest absolute Gasteiger partial charge is 3.00 e. The Morgan fingerprint density at radius 3 is 0.429 bits per heavy atom. The molecule has 14 N–H and O–H groups in total. The van der Waals surface area contributed by atoms with Crippen molar-refractivity contribution >= 4 is 0 Å². The molecule has 0 fully saturated rings. The number of hydrogen-bond acceptors (Lipinski definition) is 2. The van der Waals surface area contributed by atoms with Gasteiger partial charge < -0.3 is 34.2 Å². The molecule has 0 aliphatic rings. The van der Waals surface area contributed by atoms with Crippen LogP contribution in [0.5, 0.6) is 0 Å². The van der Waals surface area contributed by atoms with E-state index in [1.165, 1.54) is 0 Å². The molecule has 0 aromatic carbocycles. The molecule has 54 valence electrons.